The van der Waals surface area contributed by atoms with Crippen molar-refractivity contribution in [1.29, 1.82) is 0 Å². The molecule has 1 aliphatic rings. The summed E-state index contributed by atoms with van der Waals surface area (Å²) in [5, 5.41) is 10.7. The zero-order chi connectivity index (χ0) is 17.9. The number of aliphatic imine (C=N–C) groups is 1. The molecule has 1 fully saturated rings. The molecule has 0 bridgehead atoms. The second-order valence-electron chi connectivity index (χ2n) is 7.38. The van der Waals surface area contributed by atoms with Crippen LogP contribution in [0.5, 0.6) is 0 Å². The van der Waals surface area contributed by atoms with Crippen LogP contribution in [-0.4, -0.2) is 36.2 Å². The number of unbranched alkanes of at least 4 members (excludes halogenated alkanes) is 1. The number of hydrogen-bond acceptors (Lipinski definition) is 4. The van der Waals surface area contributed by atoms with Crippen molar-refractivity contribution < 1.29 is 4.52 Å². The summed E-state index contributed by atoms with van der Waals surface area (Å²) in [6.45, 7) is 5.98. The maximum atomic E-state index is 5.26. The van der Waals surface area contributed by atoms with E-state index in [1.807, 2.05) is 7.05 Å². The van der Waals surface area contributed by atoms with Crippen molar-refractivity contribution in [3.05, 3.63) is 11.7 Å². The van der Waals surface area contributed by atoms with Crippen molar-refractivity contribution in [3.63, 3.8) is 0 Å². The molecule has 0 radical (unpaired) electrons. The first-order valence-electron chi connectivity index (χ1n) is 9.96. The van der Waals surface area contributed by atoms with Crippen LogP contribution in [0.4, 0.5) is 0 Å². The van der Waals surface area contributed by atoms with Crippen molar-refractivity contribution in [1.82, 2.24) is 20.8 Å². The third-order valence-electron chi connectivity index (χ3n) is 4.89. The second kappa shape index (κ2) is 13.3. The smallest absolute Gasteiger partial charge is 0.226 e. The fraction of sp³-hybridized carbons (Fsp3) is 0.842. The summed E-state index contributed by atoms with van der Waals surface area (Å²) in [7, 11) is 1.82. The van der Waals surface area contributed by atoms with E-state index in [0.717, 1.165) is 49.5 Å². The highest BCUT2D eigenvalue weighted by Crippen LogP contribution is 2.28. The fourth-order valence-electron chi connectivity index (χ4n) is 3.33. The molecule has 1 aromatic heterocycles. The van der Waals surface area contributed by atoms with Crippen LogP contribution in [0.2, 0.25) is 0 Å². The van der Waals surface area contributed by atoms with E-state index >= 15 is 0 Å². The van der Waals surface area contributed by atoms with Crippen molar-refractivity contribution in [2.45, 2.75) is 77.6 Å². The Hall–Kier alpha value is -0.860. The Balaban J connectivity index is 0.00000338. The quantitative estimate of drug-likeness (QED) is 0.228. The topological polar surface area (TPSA) is 75.3 Å². The van der Waals surface area contributed by atoms with E-state index in [1.165, 1.54) is 44.9 Å². The summed E-state index contributed by atoms with van der Waals surface area (Å²) in [5.41, 5.74) is 0. The maximum Gasteiger partial charge on any atom is 0.226 e. The molecule has 0 atom stereocenters. The average Bonchev–Trinajstić information content (AvgIpc) is 3.28. The lowest BCUT2D eigenvalue weighted by Gasteiger charge is -2.12. The predicted molar refractivity (Wildman–Crippen MR) is 117 cm³/mol. The molecule has 0 spiro atoms. The van der Waals surface area contributed by atoms with Gasteiger partial charge in [-0.05, 0) is 18.8 Å². The van der Waals surface area contributed by atoms with Gasteiger partial charge < -0.3 is 15.2 Å². The first-order valence-corrected chi connectivity index (χ1v) is 9.96. The SMILES string of the molecule is CN=C(NCCCCC1CCCC1)NCCCc1nc(C(C)C)no1.I. The van der Waals surface area contributed by atoms with Crippen LogP contribution in [0, 0.1) is 5.92 Å². The van der Waals surface area contributed by atoms with Crippen molar-refractivity contribution in [2.24, 2.45) is 10.9 Å². The van der Waals surface area contributed by atoms with Gasteiger partial charge in [-0.15, -0.1) is 24.0 Å². The number of aromatic nitrogens is 2. The van der Waals surface area contributed by atoms with Gasteiger partial charge in [0.15, 0.2) is 11.8 Å². The lowest BCUT2D eigenvalue weighted by atomic mass is 10.0. The van der Waals surface area contributed by atoms with Crippen LogP contribution in [0.25, 0.3) is 0 Å². The van der Waals surface area contributed by atoms with Gasteiger partial charge in [-0.2, -0.15) is 4.98 Å². The van der Waals surface area contributed by atoms with Crippen LogP contribution in [0.1, 0.15) is 82.8 Å². The monoisotopic (exact) mass is 477 g/mol. The molecular formula is C19H36IN5O. The van der Waals surface area contributed by atoms with Gasteiger partial charge in [0.1, 0.15) is 0 Å². The van der Waals surface area contributed by atoms with Crippen molar-refractivity contribution >= 4 is 29.9 Å². The molecular weight excluding hydrogens is 441 g/mol. The minimum atomic E-state index is 0. The van der Waals surface area contributed by atoms with E-state index in [4.69, 9.17) is 4.52 Å². The molecule has 0 unspecified atom stereocenters. The van der Waals surface area contributed by atoms with E-state index in [2.05, 4.69) is 39.6 Å². The summed E-state index contributed by atoms with van der Waals surface area (Å²) in [6, 6.07) is 0. The minimum Gasteiger partial charge on any atom is -0.356 e. The standard InChI is InChI=1S/C19H35N5O.HI/c1-15(2)18-23-17(25-24-18)12-8-14-22-19(20-3)21-13-7-6-11-16-9-4-5-10-16;/h15-16H,4-14H2,1-3H3,(H2,20,21,22);1H. The van der Waals surface area contributed by atoms with Gasteiger partial charge in [-0.1, -0.05) is 57.5 Å². The molecule has 1 heterocycles. The van der Waals surface area contributed by atoms with Crippen LogP contribution >= 0.6 is 24.0 Å². The van der Waals surface area contributed by atoms with Gasteiger partial charge in [0.2, 0.25) is 5.89 Å². The molecule has 7 heteroatoms. The van der Waals surface area contributed by atoms with Crippen LogP contribution in [0.3, 0.4) is 0 Å². The zero-order valence-electron chi connectivity index (χ0n) is 16.6. The first-order chi connectivity index (χ1) is 12.2. The van der Waals surface area contributed by atoms with Gasteiger partial charge in [0.25, 0.3) is 0 Å². The van der Waals surface area contributed by atoms with Crippen LogP contribution in [0.15, 0.2) is 9.52 Å². The molecule has 0 aliphatic heterocycles. The molecule has 1 saturated carbocycles. The first kappa shape index (κ1) is 23.2. The Kier molecular flexibility index (Phi) is 11.9. The van der Waals surface area contributed by atoms with E-state index in [0.29, 0.717) is 5.92 Å². The zero-order valence-corrected chi connectivity index (χ0v) is 18.9. The third-order valence-corrected chi connectivity index (χ3v) is 4.89. The van der Waals surface area contributed by atoms with Crippen LogP contribution < -0.4 is 10.6 Å². The summed E-state index contributed by atoms with van der Waals surface area (Å²) in [6.07, 6.45) is 11.5. The van der Waals surface area contributed by atoms with Gasteiger partial charge in [-0.25, -0.2) is 0 Å². The van der Waals surface area contributed by atoms with E-state index < -0.39 is 0 Å². The Bertz CT molecular complexity index is 512. The molecule has 1 aliphatic carbocycles. The maximum absolute atomic E-state index is 5.26. The highest BCUT2D eigenvalue weighted by Gasteiger charge is 2.14. The Morgan fingerprint density at radius 2 is 1.85 bits per heavy atom. The number of halogens is 1. The predicted octanol–water partition coefficient (Wildman–Crippen LogP) is 4.27. The number of guanidine groups is 1. The number of nitrogens with zero attached hydrogens (tertiary/aromatic N) is 3. The molecule has 2 rings (SSSR count). The van der Waals surface area contributed by atoms with Gasteiger partial charge in [0.05, 0.1) is 0 Å². The second-order valence-corrected chi connectivity index (χ2v) is 7.38. The molecule has 26 heavy (non-hydrogen) atoms. The molecule has 6 nitrogen and oxygen atoms in total. The summed E-state index contributed by atoms with van der Waals surface area (Å²) in [4.78, 5) is 8.68. The van der Waals surface area contributed by atoms with Crippen molar-refractivity contribution in [3.8, 4) is 0 Å². The number of hydrogen-bond donors (Lipinski definition) is 2. The normalized spacial score (nSPS) is 15.3. The van der Waals surface area contributed by atoms with Crippen molar-refractivity contribution in [2.75, 3.05) is 20.1 Å². The fourth-order valence-corrected chi connectivity index (χ4v) is 3.33. The van der Waals surface area contributed by atoms with Gasteiger partial charge in [0, 0.05) is 32.5 Å². The number of rotatable bonds is 10. The summed E-state index contributed by atoms with van der Waals surface area (Å²) >= 11 is 0. The van der Waals surface area contributed by atoms with E-state index in [-0.39, 0.29) is 24.0 Å². The molecule has 0 saturated heterocycles. The lowest BCUT2D eigenvalue weighted by Crippen LogP contribution is -2.38. The number of nitrogens with one attached hydrogen (secondary N) is 2. The Morgan fingerprint density at radius 1 is 1.15 bits per heavy atom. The third kappa shape index (κ3) is 8.68. The van der Waals surface area contributed by atoms with E-state index in [9.17, 15) is 0 Å². The minimum absolute atomic E-state index is 0. The largest absolute Gasteiger partial charge is 0.356 e. The molecule has 0 amide bonds. The Morgan fingerprint density at radius 3 is 2.46 bits per heavy atom. The highest BCUT2D eigenvalue weighted by molar-refractivity contribution is 14.0. The molecule has 0 aromatic carbocycles. The molecule has 150 valence electrons. The molecule has 1 aromatic rings. The lowest BCUT2D eigenvalue weighted by molar-refractivity contribution is 0.368. The Labute approximate surface area is 175 Å². The summed E-state index contributed by atoms with van der Waals surface area (Å²) < 4.78 is 5.26. The van der Waals surface area contributed by atoms with Crippen LogP contribution in [-0.2, 0) is 6.42 Å². The highest BCUT2D eigenvalue weighted by atomic mass is 127. The molecule has 2 N–H and O–H groups in total. The van der Waals surface area contributed by atoms with Gasteiger partial charge >= 0.3 is 0 Å². The average molecular weight is 477 g/mol. The van der Waals surface area contributed by atoms with E-state index in [1.54, 1.807) is 0 Å². The number of aryl methyl sites for hydroxylation is 1. The summed E-state index contributed by atoms with van der Waals surface area (Å²) in [5.74, 6) is 3.71. The van der Waals surface area contributed by atoms with Gasteiger partial charge in [-0.3, -0.25) is 4.99 Å².